The minimum absolute atomic E-state index is 0. The maximum atomic E-state index is 11.8. The highest BCUT2D eigenvalue weighted by Gasteiger charge is 2.27. The van der Waals surface area contributed by atoms with Gasteiger partial charge in [-0.3, -0.25) is 9.59 Å². The summed E-state index contributed by atoms with van der Waals surface area (Å²) >= 11 is 0. The van der Waals surface area contributed by atoms with Crippen molar-refractivity contribution in [3.63, 3.8) is 0 Å². The Morgan fingerprint density at radius 1 is 1.39 bits per heavy atom. The number of likely N-dealkylation sites (tertiary alicyclic amines) is 1. The van der Waals surface area contributed by atoms with E-state index in [0.717, 1.165) is 0 Å². The molecule has 6 heteroatoms. The molecule has 1 saturated heterocycles. The van der Waals surface area contributed by atoms with E-state index >= 15 is 0 Å². The third-order valence-electron chi connectivity index (χ3n) is 2.85. The zero-order valence-corrected chi connectivity index (χ0v) is 10.9. The second-order valence-electron chi connectivity index (χ2n) is 4.27. The summed E-state index contributed by atoms with van der Waals surface area (Å²) < 4.78 is 0. The molecule has 1 aliphatic heterocycles. The van der Waals surface area contributed by atoms with Crippen LogP contribution in [-0.2, 0) is 4.79 Å². The summed E-state index contributed by atoms with van der Waals surface area (Å²) in [5.41, 5.74) is 6.72. The van der Waals surface area contributed by atoms with Gasteiger partial charge in [-0.15, -0.1) is 12.4 Å². The van der Waals surface area contributed by atoms with Gasteiger partial charge < -0.3 is 16.0 Å². The highest BCUT2D eigenvalue weighted by atomic mass is 35.5. The Hall–Kier alpha value is -1.75. The van der Waals surface area contributed by atoms with Crippen LogP contribution in [0.25, 0.3) is 0 Å². The molecule has 0 radical (unpaired) electrons. The van der Waals surface area contributed by atoms with Crippen LogP contribution >= 0.6 is 12.4 Å². The number of amides is 2. The zero-order valence-electron chi connectivity index (χ0n) is 10.1. The van der Waals surface area contributed by atoms with Crippen LogP contribution in [0, 0.1) is 0 Å². The molecule has 0 saturated carbocycles. The first-order valence-electron chi connectivity index (χ1n) is 5.46. The number of nitrogens with two attached hydrogens (primary N) is 1. The van der Waals surface area contributed by atoms with Gasteiger partial charge >= 0.3 is 0 Å². The lowest BCUT2D eigenvalue weighted by molar-refractivity contribution is -0.126. The Bertz CT molecular complexity index is 447. The van der Waals surface area contributed by atoms with Gasteiger partial charge in [-0.1, -0.05) is 0 Å². The van der Waals surface area contributed by atoms with Crippen LogP contribution in [0.3, 0.4) is 0 Å². The fourth-order valence-electron chi connectivity index (χ4n) is 1.86. The molecule has 1 aromatic carbocycles. The smallest absolute Gasteiger partial charge is 0.251 e. The van der Waals surface area contributed by atoms with Crippen LogP contribution in [0.1, 0.15) is 16.8 Å². The van der Waals surface area contributed by atoms with Gasteiger partial charge in [-0.2, -0.15) is 0 Å². The quantitative estimate of drug-likeness (QED) is 0.774. The van der Waals surface area contributed by atoms with Crippen molar-refractivity contribution in [2.75, 3.05) is 19.3 Å². The summed E-state index contributed by atoms with van der Waals surface area (Å²) in [6, 6.07) is 6.61. The number of anilines is 1. The lowest BCUT2D eigenvalue weighted by atomic mass is 10.1. The van der Waals surface area contributed by atoms with Gasteiger partial charge in [0.25, 0.3) is 5.91 Å². The second-order valence-corrected chi connectivity index (χ2v) is 4.27. The topological polar surface area (TPSA) is 75.4 Å². The summed E-state index contributed by atoms with van der Waals surface area (Å²) in [4.78, 5) is 24.8. The SMILES string of the molecule is CN1CC(NC(=O)c2ccc(N)cc2)CC1=O.Cl. The van der Waals surface area contributed by atoms with Crippen molar-refractivity contribution in [2.45, 2.75) is 12.5 Å². The van der Waals surface area contributed by atoms with Crippen molar-refractivity contribution in [3.8, 4) is 0 Å². The Labute approximate surface area is 112 Å². The molecule has 1 aromatic rings. The van der Waals surface area contributed by atoms with Crippen LogP contribution in [0.5, 0.6) is 0 Å². The summed E-state index contributed by atoms with van der Waals surface area (Å²) in [7, 11) is 1.73. The molecule has 5 nitrogen and oxygen atoms in total. The van der Waals surface area contributed by atoms with Gasteiger partial charge in [-0.05, 0) is 24.3 Å². The van der Waals surface area contributed by atoms with Crippen molar-refractivity contribution in [1.29, 1.82) is 0 Å². The van der Waals surface area contributed by atoms with E-state index in [2.05, 4.69) is 5.32 Å². The Kier molecular flexibility index (Phi) is 4.55. The molecule has 98 valence electrons. The number of carbonyl (C=O) groups excluding carboxylic acids is 2. The number of benzene rings is 1. The predicted molar refractivity (Wildman–Crippen MR) is 71.6 cm³/mol. The van der Waals surface area contributed by atoms with Crippen molar-refractivity contribution in [2.24, 2.45) is 0 Å². The molecule has 3 N–H and O–H groups in total. The number of nitrogens with zero attached hydrogens (tertiary/aromatic N) is 1. The molecule has 0 aliphatic carbocycles. The number of halogens is 1. The normalized spacial score (nSPS) is 18.4. The lowest BCUT2D eigenvalue weighted by Crippen LogP contribution is -2.36. The first-order valence-corrected chi connectivity index (χ1v) is 5.46. The molecule has 1 unspecified atom stereocenters. The van der Waals surface area contributed by atoms with E-state index < -0.39 is 0 Å². The molecule has 0 spiro atoms. The highest BCUT2D eigenvalue weighted by Crippen LogP contribution is 2.10. The standard InChI is InChI=1S/C12H15N3O2.ClH/c1-15-7-10(6-11(15)16)14-12(17)8-2-4-9(13)5-3-8;/h2-5,10H,6-7,13H2,1H3,(H,14,17);1H. The lowest BCUT2D eigenvalue weighted by Gasteiger charge is -2.12. The summed E-state index contributed by atoms with van der Waals surface area (Å²) in [6.07, 6.45) is 0.372. The van der Waals surface area contributed by atoms with Crippen molar-refractivity contribution >= 4 is 29.9 Å². The molecule has 18 heavy (non-hydrogen) atoms. The second kappa shape index (κ2) is 5.73. The average molecular weight is 270 g/mol. The van der Waals surface area contributed by atoms with E-state index in [1.54, 1.807) is 36.2 Å². The van der Waals surface area contributed by atoms with E-state index in [1.165, 1.54) is 0 Å². The number of hydrogen-bond donors (Lipinski definition) is 2. The Morgan fingerprint density at radius 3 is 2.50 bits per heavy atom. The Balaban J connectivity index is 0.00000162. The number of likely N-dealkylation sites (N-methyl/N-ethyl adjacent to an activating group) is 1. The summed E-state index contributed by atoms with van der Waals surface area (Å²) in [5, 5.41) is 2.83. The number of nitrogens with one attached hydrogen (secondary N) is 1. The van der Waals surface area contributed by atoms with Crippen LogP contribution in [0.15, 0.2) is 24.3 Å². The fourth-order valence-corrected chi connectivity index (χ4v) is 1.86. The minimum Gasteiger partial charge on any atom is -0.399 e. The van der Waals surface area contributed by atoms with Crippen molar-refractivity contribution in [1.82, 2.24) is 10.2 Å². The Morgan fingerprint density at radius 2 is 2.00 bits per heavy atom. The zero-order chi connectivity index (χ0) is 12.4. The third kappa shape index (κ3) is 3.13. The van der Waals surface area contributed by atoms with E-state index in [1.807, 2.05) is 0 Å². The monoisotopic (exact) mass is 269 g/mol. The minimum atomic E-state index is -0.168. The number of carbonyl (C=O) groups is 2. The molecule has 2 rings (SSSR count). The van der Waals surface area contributed by atoms with Gasteiger partial charge in [-0.25, -0.2) is 0 Å². The molecule has 1 heterocycles. The molecule has 0 bridgehead atoms. The first-order chi connectivity index (χ1) is 8.06. The number of rotatable bonds is 2. The van der Waals surface area contributed by atoms with Crippen molar-refractivity contribution in [3.05, 3.63) is 29.8 Å². The van der Waals surface area contributed by atoms with Gasteiger partial charge in [0.2, 0.25) is 5.91 Å². The predicted octanol–water partition coefficient (Wildman–Crippen LogP) is 0.651. The van der Waals surface area contributed by atoms with Gasteiger partial charge in [0.15, 0.2) is 0 Å². The van der Waals surface area contributed by atoms with E-state index in [0.29, 0.717) is 24.2 Å². The molecular weight excluding hydrogens is 254 g/mol. The van der Waals surface area contributed by atoms with Crippen LogP contribution in [0.4, 0.5) is 5.69 Å². The van der Waals surface area contributed by atoms with Crippen LogP contribution in [0.2, 0.25) is 0 Å². The van der Waals surface area contributed by atoms with Gasteiger partial charge in [0, 0.05) is 31.3 Å². The molecule has 1 atom stereocenters. The van der Waals surface area contributed by atoms with Gasteiger partial charge in [0.1, 0.15) is 0 Å². The van der Waals surface area contributed by atoms with Crippen LogP contribution in [-0.4, -0.2) is 36.3 Å². The largest absolute Gasteiger partial charge is 0.399 e. The maximum Gasteiger partial charge on any atom is 0.251 e. The number of nitrogen functional groups attached to an aromatic ring is 1. The molecular formula is C12H16ClN3O2. The maximum absolute atomic E-state index is 11.8. The summed E-state index contributed by atoms with van der Waals surface area (Å²) in [6.45, 7) is 0.569. The van der Waals surface area contributed by atoms with E-state index in [-0.39, 0.29) is 30.3 Å². The fraction of sp³-hybridized carbons (Fsp3) is 0.333. The molecule has 2 amide bonds. The van der Waals surface area contributed by atoms with E-state index in [4.69, 9.17) is 5.73 Å². The molecule has 1 aliphatic rings. The van der Waals surface area contributed by atoms with E-state index in [9.17, 15) is 9.59 Å². The van der Waals surface area contributed by atoms with Crippen molar-refractivity contribution < 1.29 is 9.59 Å². The first kappa shape index (κ1) is 14.3. The third-order valence-corrected chi connectivity index (χ3v) is 2.85. The van der Waals surface area contributed by atoms with Crippen LogP contribution < -0.4 is 11.1 Å². The summed E-state index contributed by atoms with van der Waals surface area (Å²) in [5.74, 6) is -0.106. The average Bonchev–Trinajstić information content (AvgIpc) is 2.58. The van der Waals surface area contributed by atoms with Gasteiger partial charge in [0.05, 0.1) is 6.04 Å². The molecule has 1 fully saturated rings. The highest BCUT2D eigenvalue weighted by molar-refractivity contribution is 5.95. The number of hydrogen-bond acceptors (Lipinski definition) is 3. The molecule has 0 aromatic heterocycles.